The molecule has 5 aromatic rings. The number of aromatic nitrogens is 1. The van der Waals surface area contributed by atoms with Crippen LogP contribution in [0.5, 0.6) is 5.75 Å². The Kier molecular flexibility index (Phi) is 32.8. The van der Waals surface area contributed by atoms with Gasteiger partial charge in [-0.25, -0.2) is 8.78 Å². The number of unbranched alkanes of at least 4 members (excludes halogenated alkanes) is 2. The van der Waals surface area contributed by atoms with Gasteiger partial charge in [0.25, 0.3) is 0 Å². The number of nitrogens with two attached hydrogens (primary N) is 2. The minimum absolute atomic E-state index is 0.0508. The fraction of sp³-hybridized carbons (Fsp3) is 0.500. The van der Waals surface area contributed by atoms with E-state index in [2.05, 4.69) is 36.9 Å². The number of hydrogen-bond acceptors (Lipinski definition) is 18. The fourth-order valence-electron chi connectivity index (χ4n) is 13.3. The SMILES string of the molecule is CCCC[C@@H](C(=O)N1C[C@H](O)C[C@@H]1C(=O)N[C@H](C=O)CC(=O)O)N(C)C(=O)[C@H](Cc1ccccc1)N(C)C(=O)[C@H](Cc1ccc(F)c(F)c1)NC(=O)CSCCNC(=O)[C@H](CC(C)C)NC(=O)[C@H](Cc1ccc(O)cc1)NC(=O)[C@H](Cc1c[nH]c2ccccc12)NC(=O)[C@H]1C[C@@H](O)CN1C(=O)[C@@H](N)CCCCN. The van der Waals surface area contributed by atoms with E-state index in [-0.39, 0.29) is 106 Å². The molecule has 2 aliphatic heterocycles. The number of carbonyl (C=O) groups is 12. The molecule has 0 saturated carbocycles. The van der Waals surface area contributed by atoms with Crippen LogP contribution >= 0.6 is 11.8 Å². The Morgan fingerprint density at radius 3 is 1.88 bits per heavy atom. The van der Waals surface area contributed by atoms with E-state index in [0.29, 0.717) is 48.9 Å². The molecule has 4 aromatic carbocycles. The Labute approximate surface area is 629 Å². The third-order valence-corrected chi connectivity index (χ3v) is 20.1. The molecule has 2 aliphatic rings. The number of nitrogens with one attached hydrogen (secondary N) is 7. The number of aliphatic hydroxyl groups excluding tert-OH is 2. The summed E-state index contributed by atoms with van der Waals surface area (Å²) in [5.74, 6) is -11.8. The third kappa shape index (κ3) is 24.6. The van der Waals surface area contributed by atoms with Gasteiger partial charge in [-0.3, -0.25) is 52.7 Å². The number of hydrogen-bond donors (Lipinski definition) is 13. The second-order valence-corrected chi connectivity index (χ2v) is 29.1. The average molecular weight is 1520 g/mol. The van der Waals surface area contributed by atoms with Gasteiger partial charge in [0, 0.05) is 95.1 Å². The average Bonchev–Trinajstić information content (AvgIpc) is 1.81. The fourth-order valence-corrected chi connectivity index (χ4v) is 14.0. The zero-order valence-electron chi connectivity index (χ0n) is 61.3. The number of aliphatic hydroxyl groups is 2. The number of carbonyl (C=O) groups excluding carboxylic acids is 11. The second kappa shape index (κ2) is 41.4. The predicted octanol–water partition coefficient (Wildman–Crippen LogP) is 1.64. The first kappa shape index (κ1) is 85.4. The molecule has 10 amide bonds. The monoisotopic (exact) mass is 1520 g/mol. The van der Waals surface area contributed by atoms with Crippen LogP contribution in [0.4, 0.5) is 8.78 Å². The molecule has 3 heterocycles. The van der Waals surface area contributed by atoms with Gasteiger partial charge in [0.15, 0.2) is 11.6 Å². The normalized spacial score (nSPS) is 17.8. The number of β-amino-alcohol motifs (C(OH)–C–C–N with tert-alkyl or cyclic N) is 2. The summed E-state index contributed by atoms with van der Waals surface area (Å²) in [7, 11) is 2.66. The summed E-state index contributed by atoms with van der Waals surface area (Å²) in [5.41, 5.74) is 14.5. The maximum absolute atomic E-state index is 15.2. The smallest absolute Gasteiger partial charge is 0.305 e. The topological polar surface area (TPSA) is 439 Å². The molecule has 0 aliphatic carbocycles. The van der Waals surface area contributed by atoms with E-state index in [0.717, 1.165) is 49.5 Å². The van der Waals surface area contributed by atoms with Gasteiger partial charge in [-0.2, -0.15) is 11.8 Å². The Morgan fingerprint density at radius 2 is 1.25 bits per heavy atom. The zero-order chi connectivity index (χ0) is 78.9. The third-order valence-electron chi connectivity index (χ3n) is 19.1. The molecule has 2 fully saturated rings. The summed E-state index contributed by atoms with van der Waals surface area (Å²) < 4.78 is 29.2. The highest BCUT2D eigenvalue weighted by Crippen LogP contribution is 2.27. The van der Waals surface area contributed by atoms with Crippen LogP contribution in [0.15, 0.2) is 103 Å². The van der Waals surface area contributed by atoms with Crippen molar-refractivity contribution in [3.63, 3.8) is 0 Å². The number of phenolic OH excluding ortho intramolecular Hbond substituents is 1. The van der Waals surface area contributed by atoms with Crippen LogP contribution in [0.2, 0.25) is 0 Å². The van der Waals surface area contributed by atoms with Crippen LogP contribution in [0.1, 0.15) is 107 Å². The van der Waals surface area contributed by atoms with Crippen LogP contribution in [0.3, 0.4) is 0 Å². The van der Waals surface area contributed by atoms with Crippen molar-refractivity contribution in [2.45, 2.75) is 183 Å². The first-order valence-corrected chi connectivity index (χ1v) is 37.5. The lowest BCUT2D eigenvalue weighted by molar-refractivity contribution is -0.152. The molecule has 0 radical (unpaired) electrons. The highest BCUT2D eigenvalue weighted by molar-refractivity contribution is 7.99. The van der Waals surface area contributed by atoms with Gasteiger partial charge in [0.05, 0.1) is 36.5 Å². The number of thioether (sulfide) groups is 1. The number of amides is 10. The number of aliphatic carboxylic acids is 1. The van der Waals surface area contributed by atoms with Crippen molar-refractivity contribution in [3.05, 3.63) is 137 Å². The highest BCUT2D eigenvalue weighted by atomic mass is 32.2. The summed E-state index contributed by atoms with van der Waals surface area (Å²) in [6.45, 7) is 5.29. The number of aldehydes is 1. The molecule has 0 bridgehead atoms. The van der Waals surface area contributed by atoms with Gasteiger partial charge in [-0.05, 0) is 90.7 Å². The van der Waals surface area contributed by atoms with Crippen molar-refractivity contribution in [2.75, 3.05) is 51.8 Å². The quantitative estimate of drug-likeness (QED) is 0.0195. The molecule has 108 heavy (non-hydrogen) atoms. The zero-order valence-corrected chi connectivity index (χ0v) is 62.2. The molecule has 7 rings (SSSR count). The van der Waals surface area contributed by atoms with Gasteiger partial charge in [-0.15, -0.1) is 0 Å². The molecular weight excluding hydrogens is 1420 g/mol. The molecular formula is C76H101F2N13O16S. The lowest BCUT2D eigenvalue weighted by Crippen LogP contribution is -2.59. The number of likely N-dealkylation sites (tertiary alicyclic amines) is 2. The van der Waals surface area contributed by atoms with Crippen molar-refractivity contribution >= 4 is 94.0 Å². The number of carboxylic acids is 1. The van der Waals surface area contributed by atoms with Crippen molar-refractivity contribution in [1.29, 1.82) is 0 Å². The molecule has 0 unspecified atom stereocenters. The highest BCUT2D eigenvalue weighted by Gasteiger charge is 2.46. The molecule has 32 heteroatoms. The molecule has 2 saturated heterocycles. The number of para-hydroxylation sites is 1. The number of likely N-dealkylation sites (N-methyl/N-ethyl adjacent to an activating group) is 2. The number of carboxylic acid groups (broad SMARTS) is 1. The number of halogens is 2. The van der Waals surface area contributed by atoms with Crippen LogP contribution in [0, 0.1) is 17.6 Å². The summed E-state index contributed by atoms with van der Waals surface area (Å²) in [5, 5.41) is 58.1. The van der Waals surface area contributed by atoms with E-state index in [1.165, 1.54) is 37.2 Å². The molecule has 586 valence electrons. The van der Waals surface area contributed by atoms with E-state index in [1.54, 1.807) is 54.7 Å². The summed E-state index contributed by atoms with van der Waals surface area (Å²) in [4.78, 5) is 176. The molecule has 15 N–H and O–H groups in total. The maximum atomic E-state index is 15.2. The summed E-state index contributed by atoms with van der Waals surface area (Å²) in [6.07, 6.45) is 0.196. The number of fused-ring (bicyclic) bond motifs is 1. The molecule has 0 spiro atoms. The van der Waals surface area contributed by atoms with Crippen molar-refractivity contribution < 1.29 is 86.7 Å². The number of H-pyrrole nitrogens is 1. The number of benzene rings is 4. The molecule has 29 nitrogen and oxygen atoms in total. The number of rotatable bonds is 41. The largest absolute Gasteiger partial charge is 0.508 e. The van der Waals surface area contributed by atoms with Gasteiger partial charge in [0.1, 0.15) is 60.4 Å². The Hall–Kier alpha value is -9.89. The van der Waals surface area contributed by atoms with Gasteiger partial charge < -0.3 is 93.2 Å². The Balaban J connectivity index is 1.05. The van der Waals surface area contributed by atoms with Gasteiger partial charge in [0.2, 0.25) is 59.1 Å². The van der Waals surface area contributed by atoms with Crippen LogP contribution in [0.25, 0.3) is 10.9 Å². The summed E-state index contributed by atoms with van der Waals surface area (Å²) in [6, 6.07) is 11.4. The number of aromatic hydroxyl groups is 1. The minimum atomic E-state index is -1.54. The van der Waals surface area contributed by atoms with Crippen molar-refractivity contribution in [1.82, 2.24) is 56.5 Å². The van der Waals surface area contributed by atoms with Crippen LogP contribution < -0.4 is 43.4 Å². The second-order valence-electron chi connectivity index (χ2n) is 28.0. The first-order valence-electron chi connectivity index (χ1n) is 36.3. The Morgan fingerprint density at radius 1 is 0.657 bits per heavy atom. The van der Waals surface area contributed by atoms with E-state index in [1.807, 2.05) is 39.0 Å². The van der Waals surface area contributed by atoms with Gasteiger partial charge >= 0.3 is 5.97 Å². The molecule has 1 aromatic heterocycles. The van der Waals surface area contributed by atoms with E-state index in [9.17, 15) is 77.2 Å². The van der Waals surface area contributed by atoms with Crippen LogP contribution in [-0.4, -0.2) is 241 Å². The lowest BCUT2D eigenvalue weighted by atomic mass is 9.99. The minimum Gasteiger partial charge on any atom is -0.508 e. The summed E-state index contributed by atoms with van der Waals surface area (Å²) >= 11 is 1.04. The van der Waals surface area contributed by atoms with Crippen molar-refractivity contribution in [2.24, 2.45) is 17.4 Å². The lowest BCUT2D eigenvalue weighted by Gasteiger charge is -2.37. The Bertz CT molecular complexity index is 3930. The van der Waals surface area contributed by atoms with E-state index in [4.69, 9.17) is 11.5 Å². The predicted molar refractivity (Wildman–Crippen MR) is 398 cm³/mol. The molecule has 12 atom stereocenters. The van der Waals surface area contributed by atoms with E-state index < -0.39 is 162 Å². The maximum Gasteiger partial charge on any atom is 0.305 e. The van der Waals surface area contributed by atoms with Gasteiger partial charge in [-0.1, -0.05) is 107 Å². The first-order chi connectivity index (χ1) is 51.5. The van der Waals surface area contributed by atoms with E-state index >= 15 is 9.59 Å². The number of aromatic amines is 1. The number of nitrogens with zero attached hydrogens (tertiary/aromatic N) is 4. The standard InChI is InChI=1S/C76H101F2N13O16S/c1-6-7-20-62(76(107)91-41-52(95)37-63(91)71(102)83-49(42-92)36-67(97)98)88(4)75(106)65(34-45-15-9-8-10-16-45)89(5)74(105)61(33-47-23-26-54(77)55(78)31-47)84-66(96)43-108-29-28-81-68(99)58(30-44(2)3)85-69(100)59(32-46-21-24-50(93)25-22-46)86-70(101)60(35-48-39-82-57-19-12-11-17-53(48)57)87-72(103)64-38-51(94)40-90(64)73(104)56(80)18-13-14-27-79/h8-12,15-17,19,21-26,31,39,42,44,49,51-52,56,58-65,82,93-95H,6-7,13-14,18,20,27-30,32-38,40-41,43,79-80H2,1-5H3,(H,81,99)(H,83,102)(H,84,96)(H,85,100)(H,86,101)(H,87,103)(H,97,98)/t49-,51+,52+,56-,58-,59-,60-,61-,62-,63+,64+,65-/m0/s1. The number of phenols is 1. The van der Waals surface area contributed by atoms with Crippen LogP contribution in [-0.2, 0) is 83.2 Å². The van der Waals surface area contributed by atoms with Crippen molar-refractivity contribution in [3.8, 4) is 5.75 Å².